The summed E-state index contributed by atoms with van der Waals surface area (Å²) in [7, 11) is -0.779. The van der Waals surface area contributed by atoms with Gasteiger partial charge in [-0.25, -0.2) is 13.9 Å². The van der Waals surface area contributed by atoms with E-state index in [1.165, 1.54) is 12.4 Å². The van der Waals surface area contributed by atoms with Crippen molar-refractivity contribution in [2.24, 2.45) is 0 Å². The highest BCUT2D eigenvalue weighted by Gasteiger charge is 2.28. The Morgan fingerprint density at radius 3 is 2.44 bits per heavy atom. The van der Waals surface area contributed by atoms with Crippen molar-refractivity contribution < 1.29 is 17.7 Å². The molecule has 0 saturated carbocycles. The molecule has 2 aliphatic rings. The summed E-state index contributed by atoms with van der Waals surface area (Å²) >= 11 is 13.3. The average molecular weight is 647 g/mol. The Kier molecular flexibility index (Phi) is 8.42. The number of methoxy groups -OCH3 is 1. The van der Waals surface area contributed by atoms with E-state index < -0.39 is 10.3 Å². The summed E-state index contributed by atoms with van der Waals surface area (Å²) < 4.78 is 40.4. The molecule has 0 bridgehead atoms. The standard InChI is InChI=1S/C29H33Cl2N7O4S/c1-35-11-13-36(14-12-35)19-7-9-37(10-8-19)26-16-27(42-2)24(15-22(26)30)33-29-32-17-23(31)28(34-29)21-18-38(43(39,40)41)25-6-4-3-5-20(21)25/h3-6,15-19H,7-14H2,1-2H3,(H,32,33,34)(H,39,40,41). The fourth-order valence-corrected chi connectivity index (χ4v) is 7.10. The predicted octanol–water partition coefficient (Wildman–Crippen LogP) is 5.02. The maximum absolute atomic E-state index is 12.0. The van der Waals surface area contributed by atoms with Gasteiger partial charge < -0.3 is 19.9 Å². The second-order valence-electron chi connectivity index (χ2n) is 10.9. The van der Waals surface area contributed by atoms with E-state index in [0.29, 0.717) is 44.7 Å². The number of ether oxygens (including phenoxy) is 1. The largest absolute Gasteiger partial charge is 0.494 e. The summed E-state index contributed by atoms with van der Waals surface area (Å²) in [6, 6.07) is 11.1. The van der Waals surface area contributed by atoms with Crippen LogP contribution in [-0.2, 0) is 10.3 Å². The van der Waals surface area contributed by atoms with E-state index in [4.69, 9.17) is 27.9 Å². The second-order valence-corrected chi connectivity index (χ2v) is 13.0. The van der Waals surface area contributed by atoms with Crippen LogP contribution in [0, 0.1) is 0 Å². The minimum atomic E-state index is -4.55. The summed E-state index contributed by atoms with van der Waals surface area (Å²) in [4.78, 5) is 16.2. The van der Waals surface area contributed by atoms with Gasteiger partial charge in [0.2, 0.25) is 5.95 Å². The van der Waals surface area contributed by atoms with Crippen LogP contribution in [0.4, 0.5) is 17.3 Å². The Hall–Kier alpha value is -3.13. The van der Waals surface area contributed by atoms with Crippen LogP contribution in [0.25, 0.3) is 22.2 Å². The quantitative estimate of drug-likeness (QED) is 0.265. The van der Waals surface area contributed by atoms with E-state index in [-0.39, 0.29) is 11.0 Å². The molecule has 0 unspecified atom stereocenters. The monoisotopic (exact) mass is 645 g/mol. The van der Waals surface area contributed by atoms with Crippen LogP contribution in [0.15, 0.2) is 48.8 Å². The number of piperidine rings is 1. The number of piperazine rings is 1. The van der Waals surface area contributed by atoms with E-state index >= 15 is 0 Å². The highest BCUT2D eigenvalue weighted by atomic mass is 35.5. The molecule has 43 heavy (non-hydrogen) atoms. The topological polar surface area (TPSA) is 116 Å². The number of halogens is 2. The molecule has 4 heterocycles. The van der Waals surface area contributed by atoms with Crippen molar-refractivity contribution in [1.29, 1.82) is 0 Å². The lowest BCUT2D eigenvalue weighted by molar-refractivity contribution is 0.0982. The summed E-state index contributed by atoms with van der Waals surface area (Å²) in [5, 5.41) is 4.51. The van der Waals surface area contributed by atoms with Crippen LogP contribution >= 0.6 is 23.2 Å². The number of hydrogen-bond acceptors (Lipinski definition) is 9. The SMILES string of the molecule is COc1cc(N2CCC(N3CCN(C)CC3)CC2)c(Cl)cc1Nc1ncc(Cl)c(-c2cn(S(=O)(=O)O)c3ccccc23)n1. The lowest BCUT2D eigenvalue weighted by Gasteiger charge is -2.42. The van der Waals surface area contributed by atoms with Gasteiger partial charge in [0.1, 0.15) is 5.75 Å². The van der Waals surface area contributed by atoms with Crippen molar-refractivity contribution in [3.8, 4) is 17.0 Å². The maximum Gasteiger partial charge on any atom is 0.363 e. The third-order valence-corrected chi connectivity index (χ3v) is 9.68. The fourth-order valence-electron chi connectivity index (χ4n) is 5.98. The number of nitrogens with zero attached hydrogens (tertiary/aromatic N) is 6. The van der Waals surface area contributed by atoms with E-state index in [0.717, 1.165) is 61.8 Å². The first-order valence-electron chi connectivity index (χ1n) is 14.1. The zero-order valence-corrected chi connectivity index (χ0v) is 26.2. The lowest BCUT2D eigenvalue weighted by atomic mass is 10.0. The summed E-state index contributed by atoms with van der Waals surface area (Å²) in [5.74, 6) is 0.780. The molecule has 4 aromatic rings. The molecule has 2 aromatic heterocycles. The van der Waals surface area contributed by atoms with Gasteiger partial charge in [0.15, 0.2) is 0 Å². The molecule has 0 radical (unpaired) electrons. The van der Waals surface area contributed by atoms with Crippen LogP contribution in [0.2, 0.25) is 10.0 Å². The lowest BCUT2D eigenvalue weighted by Crippen LogP contribution is -2.52. The molecule has 6 rings (SSSR count). The molecule has 2 aliphatic heterocycles. The van der Waals surface area contributed by atoms with E-state index in [1.54, 1.807) is 37.4 Å². The molecule has 2 aromatic carbocycles. The minimum absolute atomic E-state index is 0.207. The number of fused-ring (bicyclic) bond motifs is 1. The summed E-state index contributed by atoms with van der Waals surface area (Å²) in [5.41, 5.74) is 2.49. The average Bonchev–Trinajstić information content (AvgIpc) is 3.39. The van der Waals surface area contributed by atoms with Crippen molar-refractivity contribution in [3.63, 3.8) is 0 Å². The van der Waals surface area contributed by atoms with Crippen LogP contribution < -0.4 is 15.0 Å². The van der Waals surface area contributed by atoms with Crippen LogP contribution in [0.3, 0.4) is 0 Å². The van der Waals surface area contributed by atoms with Crippen molar-refractivity contribution in [1.82, 2.24) is 23.7 Å². The van der Waals surface area contributed by atoms with E-state index in [9.17, 15) is 13.0 Å². The van der Waals surface area contributed by atoms with Gasteiger partial charge in [0.25, 0.3) is 0 Å². The first-order chi connectivity index (χ1) is 20.6. The summed E-state index contributed by atoms with van der Waals surface area (Å²) in [6.45, 7) is 6.29. The third kappa shape index (κ3) is 6.13. The van der Waals surface area contributed by atoms with E-state index in [2.05, 4.69) is 37.0 Å². The Morgan fingerprint density at radius 2 is 1.74 bits per heavy atom. The molecule has 11 nitrogen and oxygen atoms in total. The molecule has 0 atom stereocenters. The van der Waals surface area contributed by atoms with E-state index in [1.807, 2.05) is 6.07 Å². The zero-order valence-electron chi connectivity index (χ0n) is 23.9. The number of anilines is 3. The maximum atomic E-state index is 12.0. The van der Waals surface area contributed by atoms with Crippen molar-refractivity contribution >= 4 is 61.7 Å². The van der Waals surface area contributed by atoms with Crippen LogP contribution in [0.5, 0.6) is 5.75 Å². The fraction of sp³-hybridized carbons (Fsp3) is 0.379. The molecule has 0 amide bonds. The Balaban J connectivity index is 1.24. The number of rotatable bonds is 7. The summed E-state index contributed by atoms with van der Waals surface area (Å²) in [6.07, 6.45) is 4.88. The third-order valence-electron chi connectivity index (χ3n) is 8.30. The second kappa shape index (κ2) is 12.1. The van der Waals surface area contributed by atoms with Gasteiger partial charge >= 0.3 is 10.3 Å². The molecule has 0 spiro atoms. The smallest absolute Gasteiger partial charge is 0.363 e. The number of hydrogen-bond donors (Lipinski definition) is 2. The first-order valence-corrected chi connectivity index (χ1v) is 16.2. The van der Waals surface area contributed by atoms with Crippen LogP contribution in [0.1, 0.15) is 12.8 Å². The minimum Gasteiger partial charge on any atom is -0.494 e. The van der Waals surface area contributed by atoms with Gasteiger partial charge in [-0.3, -0.25) is 9.45 Å². The van der Waals surface area contributed by atoms with Gasteiger partial charge in [-0.1, -0.05) is 41.4 Å². The highest BCUT2D eigenvalue weighted by molar-refractivity contribution is 7.84. The van der Waals surface area contributed by atoms with Gasteiger partial charge in [-0.15, -0.1) is 0 Å². The molecular formula is C29H33Cl2N7O4S. The highest BCUT2D eigenvalue weighted by Crippen LogP contribution is 2.40. The van der Waals surface area contributed by atoms with Gasteiger partial charge in [-0.2, -0.15) is 8.42 Å². The Morgan fingerprint density at radius 1 is 1.02 bits per heavy atom. The zero-order chi connectivity index (χ0) is 30.3. The normalized spacial score (nSPS) is 17.5. The molecule has 228 valence electrons. The molecule has 2 N–H and O–H groups in total. The predicted molar refractivity (Wildman–Crippen MR) is 171 cm³/mol. The molecule has 0 aliphatic carbocycles. The molecule has 14 heteroatoms. The first kappa shape index (κ1) is 29.9. The van der Waals surface area contributed by atoms with Crippen molar-refractivity contribution in [2.75, 3.05) is 63.6 Å². The molecular weight excluding hydrogens is 613 g/mol. The number of nitrogens with one attached hydrogen (secondary N) is 1. The van der Waals surface area contributed by atoms with Crippen molar-refractivity contribution in [2.45, 2.75) is 18.9 Å². The number of aromatic nitrogens is 3. The van der Waals surface area contributed by atoms with Crippen LogP contribution in [-0.4, -0.2) is 96.2 Å². The number of para-hydroxylation sites is 1. The van der Waals surface area contributed by atoms with Gasteiger partial charge in [0.05, 0.1) is 45.9 Å². The molecule has 2 saturated heterocycles. The number of likely N-dealkylation sites (N-methyl/N-ethyl adjacent to an activating group) is 1. The number of benzene rings is 2. The van der Waals surface area contributed by atoms with Crippen molar-refractivity contribution in [3.05, 3.63) is 58.8 Å². The Bertz CT molecular complexity index is 1750. The van der Waals surface area contributed by atoms with Gasteiger partial charge in [-0.05, 0) is 32.0 Å². The molecule has 2 fully saturated rings. The Labute approximate surface area is 260 Å². The van der Waals surface area contributed by atoms with Gasteiger partial charge in [0, 0.05) is 68.5 Å².